The van der Waals surface area contributed by atoms with E-state index in [9.17, 15) is 0 Å². The molecule has 0 amide bonds. The summed E-state index contributed by atoms with van der Waals surface area (Å²) in [6.45, 7) is 27.7. The number of aromatic nitrogens is 2. The number of hydrogen-bond acceptors (Lipinski definition) is 3. The average molecular weight is 1370 g/mol. The summed E-state index contributed by atoms with van der Waals surface area (Å²) in [6.07, 6.45) is 9.26. The summed E-state index contributed by atoms with van der Waals surface area (Å²) in [5, 5.41) is 0. The normalized spacial score (nSPS) is 13.7. The zero-order valence-corrected chi connectivity index (χ0v) is 52.6. The fourth-order valence-electron chi connectivity index (χ4n) is 11.4. The van der Waals surface area contributed by atoms with Gasteiger partial charge in [-0.15, -0.1) is 0 Å². The summed E-state index contributed by atoms with van der Waals surface area (Å²) in [5.41, 5.74) is 23.2. The molecule has 0 bridgehead atoms. The fraction of sp³-hybridized carbons (Fsp3) is 0.200. The third-order valence-electron chi connectivity index (χ3n) is 15.3. The SMILES string of the molecule is Cc1cccc(C)c1[C]1=Cc2[c](ccnc2-c2cc(N(c3cc(-c4ncc[c]5c4C=[C](c4c(C)cccc4C)[Bi]5[c]4ccccc4)cc(C(C)(C)C)c3)c3c(C)cccc3C)cc(C(C)(C)C)c2)[Bi]1[c]1ccccc1. The first-order chi connectivity index (χ1) is 36.0. The van der Waals surface area contributed by atoms with Crippen LogP contribution < -0.4 is 18.0 Å². The van der Waals surface area contributed by atoms with Crippen LogP contribution in [0.3, 0.4) is 0 Å². The molecule has 0 saturated carbocycles. The molecule has 3 nitrogen and oxygen atoms in total. The van der Waals surface area contributed by atoms with E-state index >= 15 is 0 Å². The molecule has 0 saturated heterocycles. The van der Waals surface area contributed by atoms with Gasteiger partial charge in [0.2, 0.25) is 0 Å². The van der Waals surface area contributed by atoms with Gasteiger partial charge >= 0.3 is 467 Å². The molecule has 2 aliphatic rings. The summed E-state index contributed by atoms with van der Waals surface area (Å²) < 4.78 is 9.03. The summed E-state index contributed by atoms with van der Waals surface area (Å²) in [4.78, 5) is 13.3. The van der Waals surface area contributed by atoms with Crippen molar-refractivity contribution in [3.8, 4) is 22.5 Å². The van der Waals surface area contributed by atoms with Crippen molar-refractivity contribution in [2.24, 2.45) is 0 Å². The van der Waals surface area contributed by atoms with E-state index in [1.165, 1.54) is 92.1 Å². The van der Waals surface area contributed by atoms with Crippen LogP contribution in [0.5, 0.6) is 0 Å². The standard InChI is InChI=1S/C58H57N3.2C6H5.2Bi/c1-38-18-13-19-39(2)52(38)28-26-44-24-16-30-59-54(44)46-32-48(57(7,8)9)36-50(34-46)61(56-42(5)22-15-23-43(56)6)51-35-47(33-49(37-51)58(10,11)12)55-45(25-17-31-60-55)27-29-53-40(3)20-14-21-41(53)4;2*1-2-4-6-5-3-1;;/h13-23,26-27,30-37H,1-12H3;2*1-5H;;. The number of benzene rings is 7. The first-order valence-corrected chi connectivity index (χ1v) is 36.8. The zero-order chi connectivity index (χ0) is 52.5. The molecule has 372 valence electrons. The first kappa shape index (κ1) is 51.0. The Labute approximate surface area is 462 Å². The van der Waals surface area contributed by atoms with Crippen LogP contribution in [0.1, 0.15) is 108 Å². The molecule has 0 atom stereocenters. The minimum atomic E-state index is -2.80. The Morgan fingerprint density at radius 3 is 1.11 bits per heavy atom. The van der Waals surface area contributed by atoms with Gasteiger partial charge in [-0.2, -0.15) is 0 Å². The molecule has 2 aliphatic heterocycles. The molecule has 5 heteroatoms. The van der Waals surface area contributed by atoms with E-state index in [1.54, 1.807) is 0 Å². The number of para-hydroxylation sites is 1. The van der Waals surface area contributed by atoms with E-state index < -0.39 is 43.5 Å². The second-order valence-electron chi connectivity index (χ2n) is 22.7. The van der Waals surface area contributed by atoms with E-state index in [0.29, 0.717) is 0 Å². The van der Waals surface area contributed by atoms with Gasteiger partial charge in [0.05, 0.1) is 0 Å². The van der Waals surface area contributed by atoms with E-state index in [2.05, 4.69) is 276 Å². The molecular formula is C70H67Bi2N3. The number of pyridine rings is 2. The summed E-state index contributed by atoms with van der Waals surface area (Å²) in [5.74, 6) is 0. The monoisotopic (exact) mass is 1370 g/mol. The van der Waals surface area contributed by atoms with Crippen molar-refractivity contribution in [2.45, 2.75) is 93.9 Å². The van der Waals surface area contributed by atoms with Crippen molar-refractivity contribution in [1.82, 2.24) is 9.97 Å². The van der Waals surface area contributed by atoms with Crippen LogP contribution in [0.2, 0.25) is 0 Å². The molecule has 4 heterocycles. The van der Waals surface area contributed by atoms with E-state index in [4.69, 9.17) is 9.97 Å². The Balaban J connectivity index is 1.15. The molecule has 0 N–H and O–H groups in total. The van der Waals surface area contributed by atoms with Crippen LogP contribution in [-0.4, -0.2) is 53.5 Å². The number of fused-ring (bicyclic) bond motifs is 2. The van der Waals surface area contributed by atoms with Crippen molar-refractivity contribution in [1.29, 1.82) is 0 Å². The second-order valence-corrected chi connectivity index (χ2v) is 39.5. The maximum atomic E-state index is 5.39. The number of anilines is 3. The van der Waals surface area contributed by atoms with Crippen LogP contribution in [0.15, 0.2) is 176 Å². The van der Waals surface area contributed by atoms with Crippen molar-refractivity contribution in [2.75, 3.05) is 4.90 Å². The van der Waals surface area contributed by atoms with Crippen molar-refractivity contribution < 1.29 is 0 Å². The quantitative estimate of drug-likeness (QED) is 0.135. The molecule has 0 fully saturated rings. The Hall–Kier alpha value is -6.11. The molecule has 0 aliphatic carbocycles. The predicted octanol–water partition coefficient (Wildman–Crippen LogP) is 15.1. The number of aryl methyl sites for hydroxylation is 6. The van der Waals surface area contributed by atoms with Gasteiger partial charge in [0, 0.05) is 0 Å². The van der Waals surface area contributed by atoms with Gasteiger partial charge in [0.25, 0.3) is 0 Å². The predicted molar refractivity (Wildman–Crippen MR) is 325 cm³/mol. The first-order valence-electron chi connectivity index (χ1n) is 26.4. The van der Waals surface area contributed by atoms with Crippen LogP contribution in [0.4, 0.5) is 17.1 Å². The maximum absolute atomic E-state index is 5.39. The van der Waals surface area contributed by atoms with Crippen molar-refractivity contribution in [3.05, 3.63) is 243 Å². The fourth-order valence-corrected chi connectivity index (χ4v) is 32.8. The van der Waals surface area contributed by atoms with E-state index in [-0.39, 0.29) is 10.8 Å². The van der Waals surface area contributed by atoms with Gasteiger partial charge in [0.15, 0.2) is 0 Å². The third kappa shape index (κ3) is 9.53. The number of rotatable bonds is 9. The van der Waals surface area contributed by atoms with Crippen molar-refractivity contribution >= 4 is 92.4 Å². The van der Waals surface area contributed by atoms with E-state index in [0.717, 1.165) is 33.9 Å². The van der Waals surface area contributed by atoms with Crippen LogP contribution >= 0.6 is 0 Å². The molecule has 0 unspecified atom stereocenters. The van der Waals surface area contributed by atoms with Gasteiger partial charge in [-0.25, -0.2) is 0 Å². The Morgan fingerprint density at radius 1 is 0.387 bits per heavy atom. The molecule has 75 heavy (non-hydrogen) atoms. The van der Waals surface area contributed by atoms with Gasteiger partial charge in [-0.05, 0) is 0 Å². The van der Waals surface area contributed by atoms with Gasteiger partial charge in [0.1, 0.15) is 0 Å². The molecule has 11 rings (SSSR count). The third-order valence-corrected chi connectivity index (χ3v) is 34.9. The van der Waals surface area contributed by atoms with Crippen LogP contribution in [-0.2, 0) is 10.8 Å². The van der Waals surface area contributed by atoms with Crippen LogP contribution in [0.25, 0.3) is 41.2 Å². The van der Waals surface area contributed by atoms with Gasteiger partial charge in [-0.1, -0.05) is 0 Å². The summed E-state index contributed by atoms with van der Waals surface area (Å²) in [6, 6.07) is 62.2. The number of nitrogens with zero attached hydrogens (tertiary/aromatic N) is 3. The van der Waals surface area contributed by atoms with Gasteiger partial charge < -0.3 is 0 Å². The summed E-state index contributed by atoms with van der Waals surface area (Å²) >= 11 is -5.60. The molecule has 2 aromatic heterocycles. The van der Waals surface area contributed by atoms with Gasteiger partial charge in [-0.3, -0.25) is 0 Å². The van der Waals surface area contributed by atoms with Crippen LogP contribution in [0, 0.1) is 41.5 Å². The molecule has 7 aromatic carbocycles. The Morgan fingerprint density at radius 2 is 0.747 bits per heavy atom. The molecule has 0 spiro atoms. The minimum absolute atomic E-state index is 0.159. The van der Waals surface area contributed by atoms with E-state index in [1.807, 2.05) is 0 Å². The Bertz CT molecular complexity index is 3480. The zero-order valence-electron chi connectivity index (χ0n) is 45.6. The molecular weight excluding hydrogens is 1300 g/mol. The summed E-state index contributed by atoms with van der Waals surface area (Å²) in [7, 11) is 0. The Kier molecular flexibility index (Phi) is 13.7. The molecule has 0 radical (unpaired) electrons. The second kappa shape index (κ2) is 20.1. The average Bonchev–Trinajstić information content (AvgIpc) is 3.97. The topological polar surface area (TPSA) is 29.0 Å². The van der Waals surface area contributed by atoms with Crippen molar-refractivity contribution in [3.63, 3.8) is 0 Å². The number of hydrogen-bond donors (Lipinski definition) is 0. The molecule has 9 aromatic rings.